The first-order valence-corrected chi connectivity index (χ1v) is 8.33. The normalized spacial score (nSPS) is 10.6. The SMILES string of the molecule is CN(C)Cc1ccc(NC(=O)CSc2ccc([N+](=O)[O-])cc2)cc1. The third-order valence-electron chi connectivity index (χ3n) is 3.15. The number of nitrogens with one attached hydrogen (secondary N) is 1. The fourth-order valence-corrected chi connectivity index (χ4v) is 2.77. The molecule has 0 heterocycles. The number of hydrogen-bond donors (Lipinski definition) is 1. The molecule has 2 rings (SSSR count). The van der Waals surface area contributed by atoms with E-state index in [0.29, 0.717) is 0 Å². The minimum Gasteiger partial charge on any atom is -0.325 e. The number of nitro benzene ring substituents is 1. The Hall–Kier alpha value is -2.38. The van der Waals surface area contributed by atoms with Crippen LogP contribution < -0.4 is 5.32 Å². The molecule has 1 amide bonds. The number of nitrogens with zero attached hydrogens (tertiary/aromatic N) is 2. The molecule has 2 aromatic carbocycles. The van der Waals surface area contributed by atoms with E-state index >= 15 is 0 Å². The molecular weight excluding hydrogens is 326 g/mol. The van der Waals surface area contributed by atoms with E-state index in [1.807, 2.05) is 38.4 Å². The van der Waals surface area contributed by atoms with Gasteiger partial charge in [-0.2, -0.15) is 0 Å². The number of non-ortho nitro benzene ring substituents is 1. The third kappa shape index (κ3) is 5.68. The van der Waals surface area contributed by atoms with Gasteiger partial charge in [0, 0.05) is 29.3 Å². The second-order valence-corrected chi connectivity index (χ2v) is 6.57. The van der Waals surface area contributed by atoms with Crippen LogP contribution in [0.25, 0.3) is 0 Å². The van der Waals surface area contributed by atoms with Gasteiger partial charge < -0.3 is 10.2 Å². The van der Waals surface area contributed by atoms with Crippen LogP contribution in [0, 0.1) is 10.1 Å². The van der Waals surface area contributed by atoms with Crippen molar-refractivity contribution in [1.82, 2.24) is 4.90 Å². The van der Waals surface area contributed by atoms with Gasteiger partial charge in [-0.05, 0) is 43.9 Å². The lowest BCUT2D eigenvalue weighted by Crippen LogP contribution is -2.14. The second-order valence-electron chi connectivity index (χ2n) is 5.52. The highest BCUT2D eigenvalue weighted by atomic mass is 32.2. The predicted octanol–water partition coefficient (Wildman–Crippen LogP) is 3.39. The van der Waals surface area contributed by atoms with Crippen molar-refractivity contribution >= 4 is 29.0 Å². The van der Waals surface area contributed by atoms with E-state index in [9.17, 15) is 14.9 Å². The van der Waals surface area contributed by atoms with Crippen molar-refractivity contribution in [1.29, 1.82) is 0 Å². The number of hydrogen-bond acceptors (Lipinski definition) is 5. The summed E-state index contributed by atoms with van der Waals surface area (Å²) < 4.78 is 0. The number of anilines is 1. The predicted molar refractivity (Wildman–Crippen MR) is 96.3 cm³/mol. The summed E-state index contributed by atoms with van der Waals surface area (Å²) >= 11 is 1.34. The van der Waals surface area contributed by atoms with Crippen LogP contribution in [-0.2, 0) is 11.3 Å². The molecule has 1 N–H and O–H groups in total. The fourth-order valence-electron chi connectivity index (χ4n) is 2.07. The minimum atomic E-state index is -0.443. The van der Waals surface area contributed by atoms with Crippen molar-refractivity contribution in [3.63, 3.8) is 0 Å². The Balaban J connectivity index is 1.83. The zero-order valence-corrected chi connectivity index (χ0v) is 14.4. The van der Waals surface area contributed by atoms with E-state index in [2.05, 4.69) is 10.2 Å². The van der Waals surface area contributed by atoms with Crippen LogP contribution in [-0.4, -0.2) is 35.6 Å². The number of carbonyl (C=O) groups is 1. The topological polar surface area (TPSA) is 75.5 Å². The van der Waals surface area contributed by atoms with Crippen LogP contribution in [0.3, 0.4) is 0 Å². The monoisotopic (exact) mass is 345 g/mol. The Labute approximate surface area is 145 Å². The summed E-state index contributed by atoms with van der Waals surface area (Å²) in [6.07, 6.45) is 0. The summed E-state index contributed by atoms with van der Waals surface area (Å²) in [4.78, 5) is 25.0. The van der Waals surface area contributed by atoms with Gasteiger partial charge in [0.15, 0.2) is 0 Å². The molecule has 0 aliphatic heterocycles. The van der Waals surface area contributed by atoms with Crippen LogP contribution >= 0.6 is 11.8 Å². The maximum Gasteiger partial charge on any atom is 0.269 e. The Morgan fingerprint density at radius 3 is 2.29 bits per heavy atom. The van der Waals surface area contributed by atoms with Gasteiger partial charge in [0.05, 0.1) is 10.7 Å². The number of nitro groups is 1. The van der Waals surface area contributed by atoms with Crippen molar-refractivity contribution in [2.24, 2.45) is 0 Å². The van der Waals surface area contributed by atoms with Gasteiger partial charge >= 0.3 is 0 Å². The lowest BCUT2D eigenvalue weighted by molar-refractivity contribution is -0.384. The summed E-state index contributed by atoms with van der Waals surface area (Å²) in [6.45, 7) is 0.851. The molecule has 2 aromatic rings. The minimum absolute atomic E-state index is 0.0432. The average molecular weight is 345 g/mol. The van der Waals surface area contributed by atoms with Gasteiger partial charge in [0.25, 0.3) is 5.69 Å². The van der Waals surface area contributed by atoms with E-state index in [1.54, 1.807) is 12.1 Å². The van der Waals surface area contributed by atoms with Crippen molar-refractivity contribution < 1.29 is 9.72 Å². The molecule has 0 aliphatic rings. The average Bonchev–Trinajstić information content (AvgIpc) is 2.54. The van der Waals surface area contributed by atoms with Crippen LogP contribution in [0.15, 0.2) is 53.4 Å². The summed E-state index contributed by atoms with van der Waals surface area (Å²) in [5.74, 6) is 0.135. The number of carbonyl (C=O) groups excluding carboxylic acids is 1. The van der Waals surface area contributed by atoms with Crippen LogP contribution in [0.5, 0.6) is 0 Å². The smallest absolute Gasteiger partial charge is 0.269 e. The van der Waals surface area contributed by atoms with Crippen LogP contribution in [0.1, 0.15) is 5.56 Å². The lowest BCUT2D eigenvalue weighted by atomic mass is 10.2. The van der Waals surface area contributed by atoms with Crippen molar-refractivity contribution in [2.75, 3.05) is 25.2 Å². The molecule has 126 valence electrons. The highest BCUT2D eigenvalue weighted by Gasteiger charge is 2.07. The standard InChI is InChI=1S/C17H19N3O3S/c1-19(2)11-13-3-5-14(6-4-13)18-17(21)12-24-16-9-7-15(8-10-16)20(22)23/h3-10H,11-12H2,1-2H3,(H,18,21). The largest absolute Gasteiger partial charge is 0.325 e. The van der Waals surface area contributed by atoms with Crippen molar-refractivity contribution in [3.05, 3.63) is 64.2 Å². The molecule has 0 spiro atoms. The summed E-state index contributed by atoms with van der Waals surface area (Å²) in [5, 5.41) is 13.4. The van der Waals surface area contributed by atoms with Crippen LogP contribution in [0.4, 0.5) is 11.4 Å². The Morgan fingerprint density at radius 1 is 1.12 bits per heavy atom. The third-order valence-corrected chi connectivity index (χ3v) is 4.17. The first-order chi connectivity index (χ1) is 11.4. The number of amides is 1. The van der Waals surface area contributed by atoms with Gasteiger partial charge in [-0.15, -0.1) is 11.8 Å². The molecule has 0 aliphatic carbocycles. The highest BCUT2D eigenvalue weighted by Crippen LogP contribution is 2.21. The van der Waals surface area contributed by atoms with E-state index < -0.39 is 4.92 Å². The van der Waals surface area contributed by atoms with Gasteiger partial charge in [-0.3, -0.25) is 14.9 Å². The first-order valence-electron chi connectivity index (χ1n) is 7.35. The molecule has 0 atom stereocenters. The Morgan fingerprint density at radius 2 is 1.75 bits per heavy atom. The number of benzene rings is 2. The quantitative estimate of drug-likeness (QED) is 0.473. The Kier molecular flexibility index (Phi) is 6.34. The van der Waals surface area contributed by atoms with E-state index in [4.69, 9.17) is 0 Å². The summed E-state index contributed by atoms with van der Waals surface area (Å²) in [7, 11) is 4.01. The summed E-state index contributed by atoms with van der Waals surface area (Å²) in [5.41, 5.74) is 1.98. The molecule has 0 radical (unpaired) electrons. The van der Waals surface area contributed by atoms with E-state index in [-0.39, 0.29) is 17.3 Å². The molecule has 0 saturated carbocycles. The van der Waals surface area contributed by atoms with Gasteiger partial charge in [0.2, 0.25) is 5.91 Å². The lowest BCUT2D eigenvalue weighted by Gasteiger charge is -2.10. The zero-order chi connectivity index (χ0) is 17.5. The maximum atomic E-state index is 12.0. The van der Waals surface area contributed by atoms with Crippen LogP contribution in [0.2, 0.25) is 0 Å². The van der Waals surface area contributed by atoms with Crippen molar-refractivity contribution in [3.8, 4) is 0 Å². The molecule has 24 heavy (non-hydrogen) atoms. The fraction of sp³-hybridized carbons (Fsp3) is 0.235. The second kappa shape index (κ2) is 8.47. The summed E-state index contributed by atoms with van der Waals surface area (Å²) in [6, 6.07) is 13.9. The highest BCUT2D eigenvalue weighted by molar-refractivity contribution is 8.00. The van der Waals surface area contributed by atoms with Gasteiger partial charge in [-0.25, -0.2) is 0 Å². The van der Waals surface area contributed by atoms with Gasteiger partial charge in [0.1, 0.15) is 0 Å². The molecular formula is C17H19N3O3S. The molecule has 0 unspecified atom stereocenters. The molecule has 0 bridgehead atoms. The maximum absolute atomic E-state index is 12.0. The van der Waals surface area contributed by atoms with E-state index in [0.717, 1.165) is 17.1 Å². The Bertz CT molecular complexity index is 700. The zero-order valence-electron chi connectivity index (χ0n) is 13.6. The number of rotatable bonds is 7. The number of thioether (sulfide) groups is 1. The first kappa shape index (κ1) is 18.0. The molecule has 0 aromatic heterocycles. The van der Waals surface area contributed by atoms with E-state index in [1.165, 1.54) is 29.5 Å². The van der Waals surface area contributed by atoms with Gasteiger partial charge in [-0.1, -0.05) is 12.1 Å². The molecule has 7 heteroatoms. The molecule has 0 saturated heterocycles. The van der Waals surface area contributed by atoms with Crippen molar-refractivity contribution in [2.45, 2.75) is 11.4 Å². The molecule has 0 fully saturated rings. The molecule has 6 nitrogen and oxygen atoms in total.